The third-order valence-corrected chi connectivity index (χ3v) is 9.22. The first-order valence-electron chi connectivity index (χ1n) is 10.6. The first-order valence-corrected chi connectivity index (χ1v) is 13.5. The van der Waals surface area contributed by atoms with Crippen LogP contribution >= 0.6 is 0 Å². The van der Waals surface area contributed by atoms with E-state index in [1.807, 2.05) is 0 Å². The molecule has 1 saturated heterocycles. The smallest absolute Gasteiger partial charge is 0.257 e. The van der Waals surface area contributed by atoms with E-state index in [1.54, 1.807) is 6.07 Å². The van der Waals surface area contributed by atoms with Gasteiger partial charge in [0.25, 0.3) is 5.91 Å². The molecule has 1 N–H and O–H groups in total. The van der Waals surface area contributed by atoms with Crippen molar-refractivity contribution in [3.8, 4) is 0 Å². The van der Waals surface area contributed by atoms with Crippen molar-refractivity contribution in [2.75, 3.05) is 51.5 Å². The molecule has 9 nitrogen and oxygen atoms in total. The zero-order valence-electron chi connectivity index (χ0n) is 19.3. The predicted octanol–water partition coefficient (Wildman–Crippen LogP) is 2.43. The van der Waals surface area contributed by atoms with E-state index < -0.39 is 26.0 Å². The Balaban J connectivity index is 1.96. The standard InChI is InChI=1S/C22H30N4O5S2/c1-24(2)32(28,29)18-10-8-17(9-11-18)23-22(27)20-16-19(33(30,31)25(3)4)12-13-21(20)26-14-6-5-7-15-26/h8-13,16H,5-7,14-15H2,1-4H3,(H,23,27). The number of hydrogen-bond donors (Lipinski definition) is 1. The average Bonchev–Trinajstić information content (AvgIpc) is 2.79. The topological polar surface area (TPSA) is 107 Å². The number of hydrogen-bond acceptors (Lipinski definition) is 6. The molecule has 180 valence electrons. The monoisotopic (exact) mass is 494 g/mol. The summed E-state index contributed by atoms with van der Waals surface area (Å²) in [6, 6.07) is 10.5. The van der Waals surface area contributed by atoms with Crippen LogP contribution < -0.4 is 10.2 Å². The van der Waals surface area contributed by atoms with Gasteiger partial charge in [0.1, 0.15) is 0 Å². The van der Waals surface area contributed by atoms with Crippen molar-refractivity contribution in [1.29, 1.82) is 0 Å². The van der Waals surface area contributed by atoms with Crippen LogP contribution in [0.2, 0.25) is 0 Å². The Morgan fingerprint density at radius 3 is 1.85 bits per heavy atom. The molecule has 3 rings (SSSR count). The van der Waals surface area contributed by atoms with E-state index >= 15 is 0 Å². The van der Waals surface area contributed by atoms with E-state index in [4.69, 9.17) is 0 Å². The van der Waals surface area contributed by atoms with Gasteiger partial charge in [0.2, 0.25) is 20.0 Å². The maximum atomic E-state index is 13.2. The van der Waals surface area contributed by atoms with Gasteiger partial charge < -0.3 is 10.2 Å². The lowest BCUT2D eigenvalue weighted by Gasteiger charge is -2.30. The largest absolute Gasteiger partial charge is 0.371 e. The maximum Gasteiger partial charge on any atom is 0.257 e. The Kier molecular flexibility index (Phi) is 7.47. The number of nitrogens with zero attached hydrogens (tertiary/aromatic N) is 3. The molecule has 1 amide bonds. The zero-order valence-corrected chi connectivity index (χ0v) is 20.9. The van der Waals surface area contributed by atoms with Gasteiger partial charge in [0.15, 0.2) is 0 Å². The van der Waals surface area contributed by atoms with Crippen LogP contribution in [0.1, 0.15) is 29.6 Å². The number of nitrogens with one attached hydrogen (secondary N) is 1. The molecule has 0 atom stereocenters. The van der Waals surface area contributed by atoms with Crippen LogP contribution in [0, 0.1) is 0 Å². The third kappa shape index (κ3) is 5.37. The summed E-state index contributed by atoms with van der Waals surface area (Å²) >= 11 is 0. The number of carbonyl (C=O) groups is 1. The molecule has 1 heterocycles. The summed E-state index contributed by atoms with van der Waals surface area (Å²) in [6.45, 7) is 1.58. The lowest BCUT2D eigenvalue weighted by atomic mass is 10.1. The highest BCUT2D eigenvalue weighted by Crippen LogP contribution is 2.29. The molecular weight excluding hydrogens is 464 g/mol. The summed E-state index contributed by atoms with van der Waals surface area (Å²) in [7, 11) is -1.53. The van der Waals surface area contributed by atoms with Gasteiger partial charge in [-0.15, -0.1) is 0 Å². The minimum atomic E-state index is -3.72. The summed E-state index contributed by atoms with van der Waals surface area (Å²) < 4.78 is 52.1. The maximum absolute atomic E-state index is 13.2. The Morgan fingerprint density at radius 1 is 0.788 bits per heavy atom. The molecule has 0 radical (unpaired) electrons. The van der Waals surface area contributed by atoms with Crippen LogP contribution in [0.5, 0.6) is 0 Å². The number of amides is 1. The highest BCUT2D eigenvalue weighted by atomic mass is 32.2. The van der Waals surface area contributed by atoms with Gasteiger partial charge in [-0.25, -0.2) is 25.4 Å². The van der Waals surface area contributed by atoms with Crippen LogP contribution in [0.4, 0.5) is 11.4 Å². The van der Waals surface area contributed by atoms with Crippen LogP contribution in [0.3, 0.4) is 0 Å². The lowest BCUT2D eigenvalue weighted by molar-refractivity contribution is 0.102. The van der Waals surface area contributed by atoms with E-state index in [1.165, 1.54) is 64.6 Å². The number of carbonyl (C=O) groups excluding carboxylic acids is 1. The van der Waals surface area contributed by atoms with Crippen molar-refractivity contribution >= 4 is 37.3 Å². The second-order valence-corrected chi connectivity index (χ2v) is 12.6. The fourth-order valence-corrected chi connectivity index (χ4v) is 5.43. The summed E-state index contributed by atoms with van der Waals surface area (Å²) in [6.07, 6.45) is 3.12. The van der Waals surface area contributed by atoms with Gasteiger partial charge in [0.05, 0.1) is 15.4 Å². The second-order valence-electron chi connectivity index (χ2n) is 8.28. The lowest BCUT2D eigenvalue weighted by Crippen LogP contribution is -2.32. The number of anilines is 2. The molecule has 0 unspecified atom stereocenters. The van der Waals surface area contributed by atoms with Crippen molar-refractivity contribution in [2.45, 2.75) is 29.1 Å². The van der Waals surface area contributed by atoms with E-state index in [2.05, 4.69) is 10.2 Å². The molecule has 33 heavy (non-hydrogen) atoms. The van der Waals surface area contributed by atoms with Crippen LogP contribution in [-0.4, -0.2) is 72.6 Å². The molecule has 11 heteroatoms. The Bertz CT molecular complexity index is 1220. The quantitative estimate of drug-likeness (QED) is 0.634. The van der Waals surface area contributed by atoms with Gasteiger partial charge in [0, 0.05) is 52.7 Å². The summed E-state index contributed by atoms with van der Waals surface area (Å²) in [4.78, 5) is 15.5. The van der Waals surface area contributed by atoms with Crippen molar-refractivity contribution < 1.29 is 21.6 Å². The molecule has 2 aromatic rings. The molecule has 1 fully saturated rings. The molecule has 0 aromatic heterocycles. The van der Waals surface area contributed by atoms with Gasteiger partial charge in [-0.1, -0.05) is 0 Å². The zero-order chi connectivity index (χ0) is 24.4. The summed E-state index contributed by atoms with van der Waals surface area (Å²) in [5, 5.41) is 2.77. The van der Waals surface area contributed by atoms with Crippen molar-refractivity contribution in [3.63, 3.8) is 0 Å². The number of benzene rings is 2. The molecule has 0 aliphatic carbocycles. The van der Waals surface area contributed by atoms with Crippen molar-refractivity contribution in [1.82, 2.24) is 8.61 Å². The van der Waals surface area contributed by atoms with Gasteiger partial charge in [-0.3, -0.25) is 4.79 Å². The van der Waals surface area contributed by atoms with Crippen LogP contribution in [-0.2, 0) is 20.0 Å². The first-order chi connectivity index (χ1) is 15.4. The molecule has 0 spiro atoms. The average molecular weight is 495 g/mol. The fraction of sp³-hybridized carbons (Fsp3) is 0.409. The number of rotatable bonds is 7. The fourth-order valence-electron chi connectivity index (χ4n) is 3.60. The second kappa shape index (κ2) is 9.80. The Labute approximate surface area is 196 Å². The predicted molar refractivity (Wildman–Crippen MR) is 129 cm³/mol. The van der Waals surface area contributed by atoms with E-state index in [-0.39, 0.29) is 15.4 Å². The van der Waals surface area contributed by atoms with Crippen molar-refractivity contribution in [2.24, 2.45) is 0 Å². The highest BCUT2D eigenvalue weighted by molar-refractivity contribution is 7.89. The Morgan fingerprint density at radius 2 is 1.30 bits per heavy atom. The molecule has 1 aliphatic rings. The normalized spacial score (nSPS) is 15.2. The molecule has 2 aromatic carbocycles. The number of sulfonamides is 2. The minimum absolute atomic E-state index is 0.0332. The molecule has 0 saturated carbocycles. The van der Waals surface area contributed by atoms with E-state index in [9.17, 15) is 21.6 Å². The van der Waals surface area contributed by atoms with E-state index in [0.29, 0.717) is 11.4 Å². The third-order valence-electron chi connectivity index (χ3n) is 5.58. The minimum Gasteiger partial charge on any atom is -0.371 e. The first kappa shape index (κ1) is 25.2. The van der Waals surface area contributed by atoms with Crippen molar-refractivity contribution in [3.05, 3.63) is 48.0 Å². The molecule has 1 aliphatic heterocycles. The van der Waals surface area contributed by atoms with E-state index in [0.717, 1.165) is 41.0 Å². The van der Waals surface area contributed by atoms with Crippen LogP contribution in [0.15, 0.2) is 52.3 Å². The molecule has 0 bridgehead atoms. The number of piperidine rings is 1. The SMILES string of the molecule is CN(C)S(=O)(=O)c1ccc(NC(=O)c2cc(S(=O)(=O)N(C)C)ccc2N2CCCCC2)cc1. The van der Waals surface area contributed by atoms with Gasteiger partial charge >= 0.3 is 0 Å². The summed E-state index contributed by atoms with van der Waals surface area (Å²) in [5.74, 6) is -0.463. The summed E-state index contributed by atoms with van der Waals surface area (Å²) in [5.41, 5.74) is 1.34. The van der Waals surface area contributed by atoms with Gasteiger partial charge in [-0.2, -0.15) is 0 Å². The van der Waals surface area contributed by atoms with Gasteiger partial charge in [-0.05, 0) is 61.7 Å². The molecular formula is C22H30N4O5S2. The highest BCUT2D eigenvalue weighted by Gasteiger charge is 2.24. The Hall–Kier alpha value is -2.47. The van der Waals surface area contributed by atoms with Crippen LogP contribution in [0.25, 0.3) is 0 Å².